The Balaban J connectivity index is 0.000000247. The minimum Gasteiger partial charge on any atom is -0.488 e. The maximum absolute atomic E-state index is 12.7. The van der Waals surface area contributed by atoms with E-state index in [9.17, 15) is 19.7 Å². The molecule has 0 aromatic carbocycles. The van der Waals surface area contributed by atoms with Gasteiger partial charge >= 0.3 is 17.5 Å². The van der Waals surface area contributed by atoms with E-state index in [1.807, 2.05) is 30.4 Å². The Hall–Kier alpha value is -7.18. The lowest BCUT2D eigenvalue weighted by atomic mass is 10.2. The highest BCUT2D eigenvalue weighted by molar-refractivity contribution is 5.93. The van der Waals surface area contributed by atoms with E-state index in [1.165, 1.54) is 12.3 Å². The van der Waals surface area contributed by atoms with Gasteiger partial charge in [-0.05, 0) is 44.0 Å². The van der Waals surface area contributed by atoms with Crippen LogP contribution in [0.3, 0.4) is 0 Å². The number of imidazole rings is 1. The quantitative estimate of drug-likeness (QED) is 0.118. The summed E-state index contributed by atoms with van der Waals surface area (Å²) in [6.07, 6.45) is 11.3. The number of aromatic amines is 1. The van der Waals surface area contributed by atoms with Gasteiger partial charge in [-0.1, -0.05) is 31.7 Å². The van der Waals surface area contributed by atoms with Gasteiger partial charge in [0.25, 0.3) is 0 Å². The first-order chi connectivity index (χ1) is 26.7. The zero-order chi connectivity index (χ0) is 38.7. The Kier molecular flexibility index (Phi) is 13.4. The zero-order valence-corrected chi connectivity index (χ0v) is 29.8. The molecule has 0 spiro atoms. The summed E-state index contributed by atoms with van der Waals surface area (Å²) < 4.78 is 29.4. The van der Waals surface area contributed by atoms with E-state index < -0.39 is 16.7 Å². The van der Waals surface area contributed by atoms with Gasteiger partial charge in [-0.25, -0.2) is 9.59 Å². The topological polar surface area (TPSA) is 251 Å². The number of anilines is 3. The molecule has 5 aromatic heterocycles. The van der Waals surface area contributed by atoms with Crippen LogP contribution in [0.15, 0.2) is 77.9 Å². The number of aromatic nitrogens is 6. The van der Waals surface area contributed by atoms with Gasteiger partial charge in [0.05, 0.1) is 43.4 Å². The lowest BCUT2D eigenvalue weighted by molar-refractivity contribution is -0.383. The molecular formula is C37H44N10O9. The van der Waals surface area contributed by atoms with Crippen LogP contribution in [0.4, 0.5) is 27.8 Å². The van der Waals surface area contributed by atoms with Gasteiger partial charge in [-0.15, -0.1) is 0 Å². The Morgan fingerprint density at radius 3 is 2.11 bits per heavy atom. The molecule has 0 saturated carbocycles. The molecule has 0 aliphatic carbocycles. The maximum atomic E-state index is 12.7. The fraction of sp³-hybridized carbons (Fsp3) is 0.297. The largest absolute Gasteiger partial charge is 0.488 e. The highest BCUT2D eigenvalue weighted by atomic mass is 16.6. The molecule has 4 bridgehead atoms. The second-order valence-electron chi connectivity index (χ2n) is 11.7. The summed E-state index contributed by atoms with van der Waals surface area (Å²) in [5, 5.41) is 11.7. The van der Waals surface area contributed by atoms with E-state index in [1.54, 1.807) is 42.0 Å². The number of hydrogen-bond donors (Lipinski definition) is 3. The van der Waals surface area contributed by atoms with Crippen LogP contribution >= 0.6 is 0 Å². The van der Waals surface area contributed by atoms with E-state index in [0.717, 1.165) is 4.90 Å². The number of amides is 1. The third kappa shape index (κ3) is 9.48. The molecule has 5 N–H and O–H groups in total. The summed E-state index contributed by atoms with van der Waals surface area (Å²) in [4.78, 5) is 56.7. The third-order valence-corrected chi connectivity index (χ3v) is 8.09. The maximum Gasteiger partial charge on any atom is 0.414 e. The smallest absolute Gasteiger partial charge is 0.414 e. The van der Waals surface area contributed by atoms with Crippen molar-refractivity contribution >= 4 is 40.1 Å². The summed E-state index contributed by atoms with van der Waals surface area (Å²) in [5.41, 5.74) is 13.1. The number of H-pyrrole nitrogens is 1. The van der Waals surface area contributed by atoms with Crippen LogP contribution in [-0.2, 0) is 17.8 Å². The second kappa shape index (κ2) is 18.7. The normalized spacial score (nSPS) is 15.1. The van der Waals surface area contributed by atoms with Crippen LogP contribution in [0.2, 0.25) is 0 Å². The van der Waals surface area contributed by atoms with E-state index in [-0.39, 0.29) is 70.7 Å². The monoisotopic (exact) mass is 774 g/mol. The lowest BCUT2D eigenvalue weighted by Crippen LogP contribution is -2.32. The van der Waals surface area contributed by atoms with Crippen LogP contribution in [0, 0.1) is 10.1 Å². The molecule has 0 unspecified atom stereocenters. The molecule has 7 rings (SSSR count). The molecule has 0 fully saturated rings. The number of pyridine rings is 4. The first-order valence-electron chi connectivity index (χ1n) is 17.2. The Morgan fingerprint density at radius 1 is 0.911 bits per heavy atom. The average Bonchev–Trinajstić information content (AvgIpc) is 3.48. The molecule has 296 valence electrons. The fourth-order valence-electron chi connectivity index (χ4n) is 5.58. The summed E-state index contributed by atoms with van der Waals surface area (Å²) in [7, 11) is 0. The molecule has 5 aromatic rings. The van der Waals surface area contributed by atoms with Gasteiger partial charge in [0.2, 0.25) is 17.6 Å². The second-order valence-corrected chi connectivity index (χ2v) is 11.7. The highest BCUT2D eigenvalue weighted by Gasteiger charge is 2.31. The van der Waals surface area contributed by atoms with Crippen molar-refractivity contribution in [1.82, 2.24) is 29.5 Å². The van der Waals surface area contributed by atoms with E-state index in [2.05, 4.69) is 24.9 Å². The SMILES string of the molecule is C.CCOC(=O)N1Cc2ncccc2OC/C=C/CCOc2cc1c([N+](=O)[O-])c(N)n2.Nc1nc2cc3c1[nH]c(=O)n3Cc1ncccc1OC/C=C/CCO2.[3HH]. The van der Waals surface area contributed by atoms with Gasteiger partial charge in [0.15, 0.2) is 5.82 Å². The van der Waals surface area contributed by atoms with Crippen molar-refractivity contribution in [2.75, 3.05) is 49.4 Å². The van der Waals surface area contributed by atoms with Gasteiger partial charge in [-0.2, -0.15) is 9.97 Å². The van der Waals surface area contributed by atoms with Crippen molar-refractivity contribution in [3.05, 3.63) is 105 Å². The van der Waals surface area contributed by atoms with Crippen molar-refractivity contribution in [2.24, 2.45) is 0 Å². The Bertz CT molecular complexity index is 2300. The minimum atomic E-state index is -0.805. The molecule has 56 heavy (non-hydrogen) atoms. The number of ether oxygens (including phenoxy) is 5. The van der Waals surface area contributed by atoms with Crippen LogP contribution in [-0.4, -0.2) is 73.5 Å². The molecular weight excluding hydrogens is 728 g/mol. The van der Waals surface area contributed by atoms with E-state index in [4.69, 9.17) is 35.2 Å². The van der Waals surface area contributed by atoms with Crippen molar-refractivity contribution in [2.45, 2.75) is 40.3 Å². The first kappa shape index (κ1) is 40.0. The zero-order valence-electron chi connectivity index (χ0n) is 29.8. The number of carbonyl (C=O) groups is 1. The molecule has 7 heterocycles. The fourth-order valence-corrected chi connectivity index (χ4v) is 5.58. The summed E-state index contributed by atoms with van der Waals surface area (Å²) in [6.45, 7) is 3.24. The Morgan fingerprint density at radius 2 is 1.50 bits per heavy atom. The van der Waals surface area contributed by atoms with E-state index >= 15 is 0 Å². The van der Waals surface area contributed by atoms with Crippen molar-refractivity contribution < 1.29 is 34.8 Å². The summed E-state index contributed by atoms with van der Waals surface area (Å²) in [5.74, 6) is 1.38. The van der Waals surface area contributed by atoms with Crippen LogP contribution in [0.25, 0.3) is 11.0 Å². The predicted octanol–water partition coefficient (Wildman–Crippen LogP) is 5.20. The number of rotatable bonds is 2. The molecule has 2 aliphatic rings. The molecule has 1 amide bonds. The van der Waals surface area contributed by atoms with Crippen molar-refractivity contribution in [1.29, 1.82) is 0 Å². The molecule has 19 nitrogen and oxygen atoms in total. The third-order valence-electron chi connectivity index (χ3n) is 8.09. The van der Waals surface area contributed by atoms with Crippen molar-refractivity contribution in [3.63, 3.8) is 0 Å². The molecule has 0 radical (unpaired) electrons. The van der Waals surface area contributed by atoms with Gasteiger partial charge < -0.3 is 40.1 Å². The van der Waals surface area contributed by atoms with Crippen molar-refractivity contribution in [3.8, 4) is 23.3 Å². The number of fused-ring (bicyclic) bond motifs is 5. The number of hydrogen-bond acceptors (Lipinski definition) is 15. The van der Waals surface area contributed by atoms with E-state index in [0.29, 0.717) is 65.9 Å². The lowest BCUT2D eigenvalue weighted by Gasteiger charge is -2.23. The Labute approximate surface area is 322 Å². The highest BCUT2D eigenvalue weighted by Crippen LogP contribution is 2.37. The average molecular weight is 775 g/mol. The molecule has 2 aliphatic heterocycles. The van der Waals surface area contributed by atoms with Crippen LogP contribution < -0.4 is 41.0 Å². The van der Waals surface area contributed by atoms with Gasteiger partial charge in [0.1, 0.15) is 47.3 Å². The standard InChI is InChI=1S/C19H21N5O6.C17H17N5O3.CH4.H2/c1-2-28-19(25)23-12-13-15(7-6-8-21-13)29-9-4-3-5-10-30-16-11-14(23)17(24(26)27)18(20)22-16;18-16-15-12-9-14(20-16)25-8-3-1-2-7-24-13-5-4-6-19-11(13)10-22(12)17(23)21-15;;/h3-4,6-8,11H,2,5,9-10,12H2,1H3,(H2,20,22);1-2,4-6,9H,3,7-8,10H2,(H2,18,20)(H,21,23);1H4;1H/b4-3+;2-1+;;/i;;;1+2. The number of nitrogens with two attached hydrogens (primary N) is 2. The molecule has 0 saturated heterocycles. The minimum absolute atomic E-state index is 0. The number of nitrogens with one attached hydrogen (secondary N) is 1. The van der Waals surface area contributed by atoms with Crippen LogP contribution in [0.5, 0.6) is 23.3 Å². The number of nitrogens with zero attached hydrogens (tertiary/aromatic N) is 7. The first-order valence-corrected chi connectivity index (χ1v) is 17.2. The number of nitro groups is 1. The predicted molar refractivity (Wildman–Crippen MR) is 209 cm³/mol. The molecule has 0 atom stereocenters. The van der Waals surface area contributed by atoms with Gasteiger partial charge in [0, 0.05) is 26.0 Å². The molecule has 19 heteroatoms. The number of nitrogen functional groups attached to an aromatic ring is 2. The van der Waals surface area contributed by atoms with Crippen LogP contribution in [0.1, 0.15) is 40.0 Å². The van der Waals surface area contributed by atoms with Gasteiger partial charge in [-0.3, -0.25) is 29.5 Å². The summed E-state index contributed by atoms with van der Waals surface area (Å²) >= 11 is 0. The summed E-state index contributed by atoms with van der Waals surface area (Å²) in [6, 6.07) is 10.0. The number of carbonyl (C=O) groups excluding carboxylic acids is 1.